The fourth-order valence-corrected chi connectivity index (χ4v) is 3.44. The first kappa shape index (κ1) is 19.0. The number of anilines is 3. The Morgan fingerprint density at radius 1 is 1.10 bits per heavy atom. The van der Waals surface area contributed by atoms with E-state index in [1.165, 1.54) is 0 Å². The molecule has 11 nitrogen and oxygen atoms in total. The number of morpholine rings is 1. The summed E-state index contributed by atoms with van der Waals surface area (Å²) in [5.41, 5.74) is 7.77. The van der Waals surface area contributed by atoms with Crippen LogP contribution in [0.25, 0.3) is 11.3 Å². The molecule has 0 aliphatic carbocycles. The number of nitrogens with two attached hydrogens (primary N) is 1. The third kappa shape index (κ3) is 3.94. The van der Waals surface area contributed by atoms with E-state index in [0.29, 0.717) is 62.3 Å². The average molecular weight is 399 g/mol. The number of hydrogen-bond donors (Lipinski definition) is 2. The maximum atomic E-state index is 12.6. The van der Waals surface area contributed by atoms with E-state index < -0.39 is 5.97 Å². The number of rotatable bonds is 5. The van der Waals surface area contributed by atoms with Crippen LogP contribution in [0.15, 0.2) is 12.4 Å². The van der Waals surface area contributed by atoms with E-state index in [1.807, 2.05) is 4.90 Å². The molecule has 0 atom stereocenters. The molecular formula is C18H21N7O4. The third-order valence-corrected chi connectivity index (χ3v) is 4.91. The molecule has 0 bridgehead atoms. The molecule has 0 saturated carbocycles. The van der Waals surface area contributed by atoms with E-state index in [2.05, 4.69) is 15.0 Å². The standard InChI is InChI=1S/C18H21N7O4/c19-17-20-9-11(10-21-17)15-12-3-4-25(13(26)1-2-14(27)28)16(12)23-18(22-15)24-5-7-29-8-6-24/h9-10H,1-8H2,(H,27,28)(H2,19,20,21). The minimum atomic E-state index is -1.01. The number of carboxylic acids is 1. The zero-order valence-electron chi connectivity index (χ0n) is 15.7. The number of nitrogens with zero attached hydrogens (tertiary/aromatic N) is 6. The molecule has 0 unspecified atom stereocenters. The number of carbonyl (C=O) groups is 2. The van der Waals surface area contributed by atoms with Crippen molar-refractivity contribution >= 4 is 29.6 Å². The van der Waals surface area contributed by atoms with Gasteiger partial charge in [-0.15, -0.1) is 0 Å². The minimum Gasteiger partial charge on any atom is -0.481 e. The molecule has 0 radical (unpaired) electrons. The summed E-state index contributed by atoms with van der Waals surface area (Å²) < 4.78 is 5.40. The maximum Gasteiger partial charge on any atom is 0.303 e. The Kier molecular flexibility index (Phi) is 5.21. The number of ether oxygens (including phenoxy) is 1. The molecule has 2 aliphatic rings. The fourth-order valence-electron chi connectivity index (χ4n) is 3.44. The molecule has 2 aromatic rings. The Hall–Kier alpha value is -3.34. The van der Waals surface area contributed by atoms with Crippen LogP contribution >= 0.6 is 0 Å². The summed E-state index contributed by atoms with van der Waals surface area (Å²) in [7, 11) is 0. The van der Waals surface area contributed by atoms with E-state index in [1.54, 1.807) is 17.3 Å². The summed E-state index contributed by atoms with van der Waals surface area (Å²) in [4.78, 5) is 44.5. The van der Waals surface area contributed by atoms with E-state index in [4.69, 9.17) is 20.6 Å². The lowest BCUT2D eigenvalue weighted by Gasteiger charge is -2.28. The first-order valence-corrected chi connectivity index (χ1v) is 9.36. The molecule has 152 valence electrons. The first-order valence-electron chi connectivity index (χ1n) is 9.36. The first-order chi connectivity index (χ1) is 14.0. The van der Waals surface area contributed by atoms with Gasteiger partial charge in [-0.25, -0.2) is 15.0 Å². The molecule has 29 heavy (non-hydrogen) atoms. The summed E-state index contributed by atoms with van der Waals surface area (Å²) in [5.74, 6) is -0.0923. The normalized spacial score (nSPS) is 16.0. The Bertz CT molecular complexity index is 929. The van der Waals surface area contributed by atoms with Crippen molar-refractivity contribution in [2.75, 3.05) is 48.4 Å². The maximum absolute atomic E-state index is 12.6. The molecular weight excluding hydrogens is 378 g/mol. The average Bonchev–Trinajstić information content (AvgIpc) is 3.17. The molecule has 2 aromatic heterocycles. The van der Waals surface area contributed by atoms with Crippen molar-refractivity contribution in [1.29, 1.82) is 0 Å². The molecule has 1 saturated heterocycles. The van der Waals surface area contributed by atoms with Gasteiger partial charge in [-0.05, 0) is 6.42 Å². The topological polar surface area (TPSA) is 148 Å². The summed E-state index contributed by atoms with van der Waals surface area (Å²) in [6.45, 7) is 2.86. The number of amides is 1. The third-order valence-electron chi connectivity index (χ3n) is 4.91. The highest BCUT2D eigenvalue weighted by atomic mass is 16.5. The lowest BCUT2D eigenvalue weighted by atomic mass is 10.1. The smallest absolute Gasteiger partial charge is 0.303 e. The molecule has 3 N–H and O–H groups in total. The predicted octanol–water partition coefficient (Wildman–Crippen LogP) is 0.106. The highest BCUT2D eigenvalue weighted by Gasteiger charge is 2.31. The van der Waals surface area contributed by atoms with Crippen molar-refractivity contribution in [1.82, 2.24) is 19.9 Å². The van der Waals surface area contributed by atoms with Gasteiger partial charge in [0, 0.05) is 49.6 Å². The second-order valence-corrected chi connectivity index (χ2v) is 6.79. The monoisotopic (exact) mass is 399 g/mol. The molecule has 4 rings (SSSR count). The van der Waals surface area contributed by atoms with Crippen LogP contribution < -0.4 is 15.5 Å². The van der Waals surface area contributed by atoms with Gasteiger partial charge in [-0.1, -0.05) is 0 Å². The molecule has 2 aliphatic heterocycles. The van der Waals surface area contributed by atoms with Crippen molar-refractivity contribution in [2.24, 2.45) is 0 Å². The van der Waals surface area contributed by atoms with Crippen LogP contribution in [0.1, 0.15) is 18.4 Å². The number of aliphatic carboxylic acids is 1. The van der Waals surface area contributed by atoms with Crippen molar-refractivity contribution in [3.63, 3.8) is 0 Å². The zero-order valence-corrected chi connectivity index (χ0v) is 15.7. The van der Waals surface area contributed by atoms with Crippen LogP contribution in [0.3, 0.4) is 0 Å². The van der Waals surface area contributed by atoms with E-state index in [0.717, 1.165) is 5.56 Å². The minimum absolute atomic E-state index is 0.0774. The fraction of sp³-hybridized carbons (Fsp3) is 0.444. The van der Waals surface area contributed by atoms with Gasteiger partial charge in [0.1, 0.15) is 5.82 Å². The van der Waals surface area contributed by atoms with Gasteiger partial charge in [0.15, 0.2) is 0 Å². The number of fused-ring (bicyclic) bond motifs is 1. The number of hydrogen-bond acceptors (Lipinski definition) is 9. The Morgan fingerprint density at radius 2 is 1.83 bits per heavy atom. The molecule has 1 amide bonds. The summed E-state index contributed by atoms with van der Waals surface area (Å²) in [6.07, 6.45) is 3.47. The van der Waals surface area contributed by atoms with Crippen LogP contribution in [0.5, 0.6) is 0 Å². The van der Waals surface area contributed by atoms with Crippen molar-refractivity contribution < 1.29 is 19.4 Å². The van der Waals surface area contributed by atoms with Crippen LogP contribution in [0.2, 0.25) is 0 Å². The number of carbonyl (C=O) groups excluding carboxylic acids is 1. The van der Waals surface area contributed by atoms with Gasteiger partial charge in [0.25, 0.3) is 0 Å². The largest absolute Gasteiger partial charge is 0.481 e. The second kappa shape index (κ2) is 7.95. The van der Waals surface area contributed by atoms with Gasteiger partial charge >= 0.3 is 5.97 Å². The zero-order chi connectivity index (χ0) is 20.4. The quantitative estimate of drug-likeness (QED) is 0.709. The molecule has 0 aromatic carbocycles. The Balaban J connectivity index is 1.74. The summed E-state index contributed by atoms with van der Waals surface area (Å²) in [5, 5.41) is 8.89. The molecule has 0 spiro atoms. The number of carboxylic acid groups (broad SMARTS) is 1. The molecule has 4 heterocycles. The predicted molar refractivity (Wildman–Crippen MR) is 103 cm³/mol. The highest BCUT2D eigenvalue weighted by molar-refractivity contribution is 5.97. The van der Waals surface area contributed by atoms with Gasteiger partial charge in [-0.2, -0.15) is 4.98 Å². The van der Waals surface area contributed by atoms with Crippen LogP contribution in [-0.4, -0.2) is 69.8 Å². The Labute approximate surface area is 166 Å². The summed E-state index contributed by atoms with van der Waals surface area (Å²) >= 11 is 0. The van der Waals surface area contributed by atoms with Gasteiger partial charge in [0.05, 0.1) is 25.3 Å². The van der Waals surface area contributed by atoms with Crippen LogP contribution in [0.4, 0.5) is 17.7 Å². The highest BCUT2D eigenvalue weighted by Crippen LogP contribution is 2.35. The van der Waals surface area contributed by atoms with Crippen LogP contribution in [0, 0.1) is 0 Å². The number of nitrogen functional groups attached to an aromatic ring is 1. The van der Waals surface area contributed by atoms with Gasteiger partial charge < -0.3 is 20.5 Å². The molecule has 1 fully saturated rings. The van der Waals surface area contributed by atoms with E-state index >= 15 is 0 Å². The lowest BCUT2D eigenvalue weighted by Crippen LogP contribution is -2.38. The van der Waals surface area contributed by atoms with E-state index in [-0.39, 0.29) is 24.7 Å². The Morgan fingerprint density at radius 3 is 2.52 bits per heavy atom. The van der Waals surface area contributed by atoms with Crippen LogP contribution in [-0.2, 0) is 20.7 Å². The van der Waals surface area contributed by atoms with Gasteiger partial charge in [0.2, 0.25) is 17.8 Å². The lowest BCUT2D eigenvalue weighted by molar-refractivity contribution is -0.138. The second-order valence-electron chi connectivity index (χ2n) is 6.79. The van der Waals surface area contributed by atoms with Crippen molar-refractivity contribution in [3.8, 4) is 11.3 Å². The van der Waals surface area contributed by atoms with Gasteiger partial charge in [-0.3, -0.25) is 14.5 Å². The van der Waals surface area contributed by atoms with Crippen molar-refractivity contribution in [2.45, 2.75) is 19.3 Å². The number of aromatic nitrogens is 4. The van der Waals surface area contributed by atoms with Crippen molar-refractivity contribution in [3.05, 3.63) is 18.0 Å². The van der Waals surface area contributed by atoms with E-state index in [9.17, 15) is 9.59 Å². The molecule has 11 heteroatoms. The summed E-state index contributed by atoms with van der Waals surface area (Å²) in [6, 6.07) is 0. The SMILES string of the molecule is Nc1ncc(-c2nc(N3CCOCC3)nc3c2CCN3C(=O)CCC(=O)O)cn1.